The molecule has 24 heavy (non-hydrogen) atoms. The molecule has 0 unspecified atom stereocenters. The van der Waals surface area contributed by atoms with E-state index in [1.165, 1.54) is 0 Å². The Balaban J connectivity index is 2.31. The number of aliphatic carboxylic acids is 1. The summed E-state index contributed by atoms with van der Waals surface area (Å²) in [6.07, 6.45) is 4.43. The third kappa shape index (κ3) is 3.20. The Morgan fingerprint density at radius 3 is 2.58 bits per heavy atom. The van der Waals surface area contributed by atoms with Gasteiger partial charge in [-0.3, -0.25) is 14.4 Å². The highest BCUT2D eigenvalue weighted by Crippen LogP contribution is 2.60. The number of allylic oxidation sites excluding steroid dienone is 2. The van der Waals surface area contributed by atoms with E-state index in [1.54, 1.807) is 6.08 Å². The van der Waals surface area contributed by atoms with Gasteiger partial charge in [-0.05, 0) is 48.5 Å². The Morgan fingerprint density at radius 2 is 2.00 bits per heavy atom. The van der Waals surface area contributed by atoms with Crippen LogP contribution in [0.25, 0.3) is 0 Å². The summed E-state index contributed by atoms with van der Waals surface area (Å²) >= 11 is 0. The summed E-state index contributed by atoms with van der Waals surface area (Å²) in [5.74, 6) is -0.230. The van der Waals surface area contributed by atoms with Crippen LogP contribution in [0.1, 0.15) is 66.7 Å². The highest BCUT2D eigenvalue weighted by molar-refractivity contribution is 5.93. The molecule has 4 nitrogen and oxygen atoms in total. The van der Waals surface area contributed by atoms with E-state index in [2.05, 4.69) is 13.8 Å². The van der Waals surface area contributed by atoms with E-state index in [-0.39, 0.29) is 46.6 Å². The molecule has 0 amide bonds. The minimum absolute atomic E-state index is 0.0748. The van der Waals surface area contributed by atoms with Crippen molar-refractivity contribution in [3.8, 4) is 0 Å². The number of rotatable bonds is 5. The molecular weight excluding hydrogens is 304 g/mol. The average Bonchev–Trinajstić information content (AvgIpc) is 2.46. The smallest absolute Gasteiger partial charge is 0.303 e. The fourth-order valence-corrected chi connectivity index (χ4v) is 4.92. The van der Waals surface area contributed by atoms with Gasteiger partial charge in [-0.15, -0.1) is 0 Å². The molecule has 1 saturated carbocycles. The van der Waals surface area contributed by atoms with Crippen molar-refractivity contribution in [2.24, 2.45) is 28.6 Å². The van der Waals surface area contributed by atoms with Gasteiger partial charge in [-0.1, -0.05) is 33.3 Å². The van der Waals surface area contributed by atoms with E-state index in [0.717, 1.165) is 18.4 Å². The molecule has 0 spiro atoms. The van der Waals surface area contributed by atoms with Crippen molar-refractivity contribution in [2.75, 3.05) is 0 Å². The van der Waals surface area contributed by atoms with Gasteiger partial charge in [-0.25, -0.2) is 0 Å². The van der Waals surface area contributed by atoms with Gasteiger partial charge in [-0.2, -0.15) is 0 Å². The molecule has 2 aliphatic carbocycles. The molecule has 2 aliphatic rings. The average molecular weight is 334 g/mol. The van der Waals surface area contributed by atoms with Crippen molar-refractivity contribution in [1.29, 1.82) is 0 Å². The van der Waals surface area contributed by atoms with Crippen molar-refractivity contribution in [3.05, 3.63) is 11.6 Å². The predicted molar refractivity (Wildman–Crippen MR) is 92.5 cm³/mol. The molecule has 0 radical (unpaired) electrons. The van der Waals surface area contributed by atoms with E-state index < -0.39 is 5.97 Å². The van der Waals surface area contributed by atoms with Gasteiger partial charge in [0.25, 0.3) is 0 Å². The van der Waals surface area contributed by atoms with Crippen LogP contribution in [-0.4, -0.2) is 22.6 Å². The standard InChI is InChI=1S/C20H30O4/c1-12(8-18(23)24)6-7-19(4)14(3)16(22)11-20(5)13(2)9-15(21)10-17(19)20/h9,12,14,17H,6-8,10-11H2,1-5H3,(H,23,24)/t12-,14+,17+,19-,20-/m0/s1. The van der Waals surface area contributed by atoms with Gasteiger partial charge in [0.2, 0.25) is 0 Å². The van der Waals surface area contributed by atoms with Gasteiger partial charge in [0.05, 0.1) is 0 Å². The molecule has 0 bridgehead atoms. The second-order valence-corrected chi connectivity index (χ2v) is 8.58. The lowest BCUT2D eigenvalue weighted by Gasteiger charge is -2.56. The fraction of sp³-hybridized carbons (Fsp3) is 0.750. The number of carbonyl (C=O) groups is 3. The van der Waals surface area contributed by atoms with E-state index in [0.29, 0.717) is 12.8 Å². The number of carboxylic acids is 1. The molecule has 0 saturated heterocycles. The number of hydrogen-bond donors (Lipinski definition) is 1. The highest BCUT2D eigenvalue weighted by Gasteiger charge is 2.57. The number of hydrogen-bond acceptors (Lipinski definition) is 3. The minimum atomic E-state index is -0.781. The van der Waals surface area contributed by atoms with Crippen LogP contribution in [0.4, 0.5) is 0 Å². The van der Waals surface area contributed by atoms with Crippen LogP contribution in [0.2, 0.25) is 0 Å². The Hall–Kier alpha value is -1.45. The van der Waals surface area contributed by atoms with Crippen molar-refractivity contribution in [2.45, 2.75) is 66.7 Å². The molecule has 0 aromatic rings. The van der Waals surface area contributed by atoms with Crippen LogP contribution in [0.3, 0.4) is 0 Å². The third-order valence-corrected chi connectivity index (χ3v) is 6.96. The first kappa shape index (κ1) is 18.9. The molecule has 1 N–H and O–H groups in total. The van der Waals surface area contributed by atoms with Crippen LogP contribution in [0.15, 0.2) is 11.6 Å². The van der Waals surface area contributed by atoms with Gasteiger partial charge in [0.15, 0.2) is 5.78 Å². The number of ketones is 2. The van der Waals surface area contributed by atoms with Gasteiger partial charge < -0.3 is 5.11 Å². The SMILES string of the molecule is CC1=CC(=O)C[C@@H]2[C@@](C)(CC[C@H](C)CC(=O)O)[C@H](C)C(=O)C[C@@]12C. The molecule has 0 aliphatic heterocycles. The first-order valence-electron chi connectivity index (χ1n) is 8.97. The number of fused-ring (bicyclic) bond motifs is 1. The Morgan fingerprint density at radius 1 is 1.38 bits per heavy atom. The first-order valence-corrected chi connectivity index (χ1v) is 8.97. The lowest BCUT2D eigenvalue weighted by Crippen LogP contribution is -2.54. The summed E-state index contributed by atoms with van der Waals surface area (Å²) in [6.45, 7) is 10.2. The monoisotopic (exact) mass is 334 g/mol. The maximum Gasteiger partial charge on any atom is 0.303 e. The Kier molecular flexibility index (Phi) is 5.08. The zero-order valence-corrected chi connectivity index (χ0v) is 15.5. The van der Waals surface area contributed by atoms with Gasteiger partial charge in [0.1, 0.15) is 5.78 Å². The minimum Gasteiger partial charge on any atom is -0.481 e. The predicted octanol–water partition coefficient (Wildman–Crippen LogP) is 4.03. The largest absolute Gasteiger partial charge is 0.481 e. The van der Waals surface area contributed by atoms with E-state index >= 15 is 0 Å². The van der Waals surface area contributed by atoms with Crippen LogP contribution in [-0.2, 0) is 14.4 Å². The summed E-state index contributed by atoms with van der Waals surface area (Å²) in [5.41, 5.74) is 0.512. The molecule has 0 aromatic carbocycles. The second kappa shape index (κ2) is 6.45. The lowest BCUT2D eigenvalue weighted by atomic mass is 9.46. The maximum atomic E-state index is 12.7. The molecule has 1 fully saturated rings. The van der Waals surface area contributed by atoms with Gasteiger partial charge >= 0.3 is 5.97 Å². The van der Waals surface area contributed by atoms with Crippen molar-refractivity contribution < 1.29 is 19.5 Å². The first-order chi connectivity index (χ1) is 11.0. The molecule has 2 rings (SSSR count). The zero-order valence-electron chi connectivity index (χ0n) is 15.5. The second-order valence-electron chi connectivity index (χ2n) is 8.58. The quantitative estimate of drug-likeness (QED) is 0.824. The fourth-order valence-electron chi connectivity index (χ4n) is 4.92. The van der Waals surface area contributed by atoms with Crippen LogP contribution >= 0.6 is 0 Å². The topological polar surface area (TPSA) is 71.4 Å². The number of Topliss-reactive ketones (excluding diaryl/α,β-unsaturated/α-hetero) is 1. The van der Waals surface area contributed by atoms with Crippen LogP contribution < -0.4 is 0 Å². The third-order valence-electron chi connectivity index (χ3n) is 6.96. The molecule has 5 atom stereocenters. The number of carbonyl (C=O) groups excluding carboxylic acids is 2. The summed E-state index contributed by atoms with van der Waals surface area (Å²) in [4.78, 5) is 35.8. The Bertz CT molecular complexity index is 590. The zero-order chi connectivity index (χ0) is 18.3. The van der Waals surface area contributed by atoms with Crippen molar-refractivity contribution >= 4 is 17.5 Å². The normalized spacial score (nSPS) is 37.6. The van der Waals surface area contributed by atoms with E-state index in [1.807, 2.05) is 20.8 Å². The van der Waals surface area contributed by atoms with E-state index in [4.69, 9.17) is 5.11 Å². The summed E-state index contributed by atoms with van der Waals surface area (Å²) in [5, 5.41) is 8.97. The molecule has 4 heteroatoms. The summed E-state index contributed by atoms with van der Waals surface area (Å²) < 4.78 is 0. The lowest BCUT2D eigenvalue weighted by molar-refractivity contribution is -0.146. The molecule has 0 heterocycles. The Labute approximate surface area is 144 Å². The van der Waals surface area contributed by atoms with Crippen molar-refractivity contribution in [3.63, 3.8) is 0 Å². The highest BCUT2D eigenvalue weighted by atomic mass is 16.4. The summed E-state index contributed by atoms with van der Waals surface area (Å²) in [7, 11) is 0. The van der Waals surface area contributed by atoms with Crippen LogP contribution in [0.5, 0.6) is 0 Å². The summed E-state index contributed by atoms with van der Waals surface area (Å²) in [6, 6.07) is 0. The molecular formula is C20H30O4. The number of carboxylic acid groups (broad SMARTS) is 1. The molecule has 0 aromatic heterocycles. The maximum absolute atomic E-state index is 12.7. The van der Waals surface area contributed by atoms with Crippen molar-refractivity contribution in [1.82, 2.24) is 0 Å². The van der Waals surface area contributed by atoms with Gasteiger partial charge in [0, 0.05) is 25.2 Å². The van der Waals surface area contributed by atoms with Crippen LogP contribution in [0, 0.1) is 28.6 Å². The van der Waals surface area contributed by atoms with E-state index in [9.17, 15) is 14.4 Å². The molecule has 134 valence electrons.